The van der Waals surface area contributed by atoms with E-state index in [0.29, 0.717) is 30.8 Å². The topological polar surface area (TPSA) is 125 Å². The van der Waals surface area contributed by atoms with E-state index in [1.54, 1.807) is 0 Å². The van der Waals surface area contributed by atoms with E-state index in [9.17, 15) is 9.59 Å². The average Bonchev–Trinajstić information content (AvgIpc) is 2.46. The molecule has 1 aliphatic heterocycles. The molecule has 1 saturated heterocycles. The zero-order chi connectivity index (χ0) is 15.4. The first kappa shape index (κ1) is 15.3. The Morgan fingerprint density at radius 2 is 1.67 bits per heavy atom. The summed E-state index contributed by atoms with van der Waals surface area (Å²) in [5.41, 5.74) is 18.0. The van der Waals surface area contributed by atoms with Crippen LogP contribution in [0.1, 0.15) is 26.3 Å². The maximum atomic E-state index is 11.5. The van der Waals surface area contributed by atoms with Gasteiger partial charge in [0.05, 0.1) is 18.8 Å². The minimum Gasteiger partial charge on any atom is -0.398 e. The summed E-state index contributed by atoms with van der Waals surface area (Å²) in [5, 5.41) is 0. The number of benzene rings is 1. The normalized spacial score (nSPS) is 15.8. The lowest BCUT2D eigenvalue weighted by Crippen LogP contribution is -2.37. The molecule has 7 nitrogen and oxygen atoms in total. The van der Waals surface area contributed by atoms with Crippen LogP contribution in [-0.2, 0) is 11.2 Å². The van der Waals surface area contributed by atoms with Gasteiger partial charge in [-0.05, 0) is 24.1 Å². The lowest BCUT2D eigenvalue weighted by molar-refractivity contribution is 0.0384. The van der Waals surface area contributed by atoms with Crippen LogP contribution in [0, 0.1) is 0 Å². The van der Waals surface area contributed by atoms with Crippen LogP contribution in [0.15, 0.2) is 12.1 Å². The van der Waals surface area contributed by atoms with Crippen LogP contribution < -0.4 is 17.2 Å². The summed E-state index contributed by atoms with van der Waals surface area (Å²) in [6.45, 7) is 3.78. The first-order chi connectivity index (χ1) is 10.0. The zero-order valence-corrected chi connectivity index (χ0v) is 11.8. The smallest absolute Gasteiger partial charge is 0.250 e. The van der Waals surface area contributed by atoms with E-state index < -0.39 is 11.8 Å². The van der Waals surface area contributed by atoms with Gasteiger partial charge in [0.2, 0.25) is 5.91 Å². The first-order valence-electron chi connectivity index (χ1n) is 6.81. The summed E-state index contributed by atoms with van der Waals surface area (Å²) in [7, 11) is 0. The SMILES string of the molecule is NC(=O)c1ccc(C(N)=O)c(CCN2CCOCC2)c1N. The fourth-order valence-electron chi connectivity index (χ4n) is 2.47. The number of nitrogens with zero attached hydrogens (tertiary/aromatic N) is 1. The van der Waals surface area contributed by atoms with Crippen molar-refractivity contribution in [1.29, 1.82) is 0 Å². The van der Waals surface area contributed by atoms with Crippen LogP contribution in [0.3, 0.4) is 0 Å². The third-order valence-corrected chi connectivity index (χ3v) is 3.67. The van der Waals surface area contributed by atoms with Crippen molar-refractivity contribution in [2.45, 2.75) is 6.42 Å². The lowest BCUT2D eigenvalue weighted by atomic mass is 9.97. The molecule has 0 aromatic heterocycles. The number of primary amides is 2. The fraction of sp³-hybridized carbons (Fsp3) is 0.429. The van der Waals surface area contributed by atoms with Crippen molar-refractivity contribution in [3.8, 4) is 0 Å². The molecular formula is C14H20N4O3. The van der Waals surface area contributed by atoms with Crippen molar-refractivity contribution < 1.29 is 14.3 Å². The van der Waals surface area contributed by atoms with Crippen molar-refractivity contribution in [1.82, 2.24) is 4.90 Å². The number of rotatable bonds is 5. The van der Waals surface area contributed by atoms with Crippen molar-refractivity contribution in [2.75, 3.05) is 38.6 Å². The van der Waals surface area contributed by atoms with Gasteiger partial charge in [-0.1, -0.05) is 0 Å². The Morgan fingerprint density at radius 1 is 1.10 bits per heavy atom. The second-order valence-electron chi connectivity index (χ2n) is 4.99. The molecule has 1 aliphatic rings. The van der Waals surface area contributed by atoms with Crippen LogP contribution in [0.2, 0.25) is 0 Å². The molecule has 0 radical (unpaired) electrons. The van der Waals surface area contributed by atoms with Gasteiger partial charge >= 0.3 is 0 Å². The predicted molar refractivity (Wildman–Crippen MR) is 78.9 cm³/mol. The number of morpholine rings is 1. The predicted octanol–water partition coefficient (Wildman–Crippen LogP) is -0.659. The molecule has 6 N–H and O–H groups in total. The highest BCUT2D eigenvalue weighted by atomic mass is 16.5. The monoisotopic (exact) mass is 292 g/mol. The van der Waals surface area contributed by atoms with Gasteiger partial charge in [-0.15, -0.1) is 0 Å². The van der Waals surface area contributed by atoms with Crippen molar-refractivity contribution in [3.05, 3.63) is 28.8 Å². The van der Waals surface area contributed by atoms with E-state index in [1.165, 1.54) is 12.1 Å². The van der Waals surface area contributed by atoms with Crippen LogP contribution >= 0.6 is 0 Å². The summed E-state index contributed by atoms with van der Waals surface area (Å²) in [4.78, 5) is 25.1. The Labute approximate surface area is 123 Å². The molecule has 1 heterocycles. The molecule has 2 rings (SSSR count). The highest BCUT2D eigenvalue weighted by molar-refractivity contribution is 6.02. The Bertz CT molecular complexity index is 553. The van der Waals surface area contributed by atoms with Crippen LogP contribution in [0.5, 0.6) is 0 Å². The summed E-state index contributed by atoms with van der Waals surface area (Å²) >= 11 is 0. The van der Waals surface area contributed by atoms with Gasteiger partial charge in [-0.2, -0.15) is 0 Å². The number of hydrogen-bond donors (Lipinski definition) is 3. The minimum absolute atomic E-state index is 0.219. The zero-order valence-electron chi connectivity index (χ0n) is 11.8. The quantitative estimate of drug-likeness (QED) is 0.621. The van der Waals surface area contributed by atoms with Crippen molar-refractivity contribution in [3.63, 3.8) is 0 Å². The van der Waals surface area contributed by atoms with E-state index in [1.807, 2.05) is 0 Å². The Balaban J connectivity index is 2.23. The van der Waals surface area contributed by atoms with E-state index in [-0.39, 0.29) is 11.3 Å². The maximum Gasteiger partial charge on any atom is 0.250 e. The molecule has 1 aromatic carbocycles. The molecule has 7 heteroatoms. The standard InChI is InChI=1S/C14H20N4O3/c15-12-9(3-4-18-5-7-21-8-6-18)10(13(16)19)1-2-11(12)14(17)20/h1-2H,3-8,15H2,(H2,16,19)(H2,17,20). The average molecular weight is 292 g/mol. The number of ether oxygens (including phenoxy) is 1. The molecule has 1 aromatic rings. The van der Waals surface area contributed by atoms with Crippen LogP contribution in [-0.4, -0.2) is 49.6 Å². The Hall–Kier alpha value is -2.12. The van der Waals surface area contributed by atoms with E-state index >= 15 is 0 Å². The molecule has 0 atom stereocenters. The second-order valence-corrected chi connectivity index (χ2v) is 4.99. The fourth-order valence-corrected chi connectivity index (χ4v) is 2.47. The highest BCUT2D eigenvalue weighted by Crippen LogP contribution is 2.23. The third-order valence-electron chi connectivity index (χ3n) is 3.67. The maximum absolute atomic E-state index is 11.5. The number of carbonyl (C=O) groups excluding carboxylic acids is 2. The van der Waals surface area contributed by atoms with Crippen molar-refractivity contribution >= 4 is 17.5 Å². The van der Waals surface area contributed by atoms with Gasteiger partial charge in [0.15, 0.2) is 0 Å². The summed E-state index contributed by atoms with van der Waals surface area (Å²) < 4.78 is 5.29. The molecule has 1 fully saturated rings. The first-order valence-corrected chi connectivity index (χ1v) is 6.81. The number of anilines is 1. The van der Waals surface area contributed by atoms with Crippen molar-refractivity contribution in [2.24, 2.45) is 11.5 Å². The molecule has 0 unspecified atom stereocenters. The third kappa shape index (κ3) is 3.50. The second kappa shape index (κ2) is 6.55. The number of nitrogen functional groups attached to an aromatic ring is 1. The molecule has 0 saturated carbocycles. The largest absolute Gasteiger partial charge is 0.398 e. The van der Waals surface area contributed by atoms with Gasteiger partial charge in [-0.25, -0.2) is 0 Å². The van der Waals surface area contributed by atoms with Crippen LogP contribution in [0.25, 0.3) is 0 Å². The number of nitrogens with two attached hydrogens (primary N) is 3. The molecule has 0 spiro atoms. The summed E-state index contributed by atoms with van der Waals surface area (Å²) in [6, 6.07) is 2.95. The minimum atomic E-state index is -0.615. The molecule has 0 bridgehead atoms. The van der Waals surface area contributed by atoms with Gasteiger partial charge in [0.25, 0.3) is 5.91 Å². The number of hydrogen-bond acceptors (Lipinski definition) is 5. The van der Waals surface area contributed by atoms with Crippen LogP contribution in [0.4, 0.5) is 5.69 Å². The molecule has 114 valence electrons. The Kier molecular flexibility index (Phi) is 4.77. The van der Waals surface area contributed by atoms with E-state index in [4.69, 9.17) is 21.9 Å². The van der Waals surface area contributed by atoms with E-state index in [2.05, 4.69) is 4.90 Å². The summed E-state index contributed by atoms with van der Waals surface area (Å²) in [6.07, 6.45) is 0.533. The number of amides is 2. The highest BCUT2D eigenvalue weighted by Gasteiger charge is 2.18. The van der Waals surface area contributed by atoms with Gasteiger partial charge in [-0.3, -0.25) is 14.5 Å². The molecular weight excluding hydrogens is 272 g/mol. The lowest BCUT2D eigenvalue weighted by Gasteiger charge is -2.27. The molecule has 2 amide bonds. The van der Waals surface area contributed by atoms with Gasteiger partial charge in [0, 0.05) is 30.9 Å². The number of carbonyl (C=O) groups is 2. The molecule has 0 aliphatic carbocycles. The summed E-state index contributed by atoms with van der Waals surface area (Å²) in [5.74, 6) is -1.18. The Morgan fingerprint density at radius 3 is 2.24 bits per heavy atom. The van der Waals surface area contributed by atoms with Gasteiger partial charge in [0.1, 0.15) is 0 Å². The van der Waals surface area contributed by atoms with Gasteiger partial charge < -0.3 is 21.9 Å². The van der Waals surface area contributed by atoms with E-state index in [0.717, 1.165) is 19.6 Å². The molecule has 21 heavy (non-hydrogen) atoms.